The van der Waals surface area contributed by atoms with Crippen LogP contribution < -0.4 is 0 Å². The lowest BCUT2D eigenvalue weighted by Crippen LogP contribution is -2.39. The van der Waals surface area contributed by atoms with Gasteiger partial charge in [-0.2, -0.15) is 10.5 Å². The minimum atomic E-state index is -0.581. The zero-order valence-electron chi connectivity index (χ0n) is 17.6. The lowest BCUT2D eigenvalue weighted by molar-refractivity contribution is 0.0169. The maximum Gasteiger partial charge on any atom is 0.410 e. The molecule has 1 aliphatic rings. The molecule has 0 N–H and O–H groups in total. The van der Waals surface area contributed by atoms with E-state index in [0.29, 0.717) is 30.5 Å². The van der Waals surface area contributed by atoms with Crippen LogP contribution in [0.1, 0.15) is 61.9 Å². The van der Waals surface area contributed by atoms with Gasteiger partial charge in [0.2, 0.25) is 0 Å². The zero-order chi connectivity index (χ0) is 21.7. The van der Waals surface area contributed by atoms with Gasteiger partial charge in [-0.25, -0.2) is 4.79 Å². The van der Waals surface area contributed by atoms with E-state index in [1.165, 1.54) is 0 Å². The number of carbonyl (C=O) groups is 1. The van der Waals surface area contributed by atoms with Crippen LogP contribution in [0, 0.1) is 22.7 Å². The summed E-state index contributed by atoms with van der Waals surface area (Å²) in [7, 11) is 0. The topological polar surface area (TPSA) is 77.1 Å². The predicted molar refractivity (Wildman–Crippen MR) is 115 cm³/mol. The predicted octanol–water partition coefficient (Wildman–Crippen LogP) is 5.59. The van der Waals surface area contributed by atoms with Gasteiger partial charge in [-0.1, -0.05) is 30.3 Å². The van der Waals surface area contributed by atoms with Crippen molar-refractivity contribution in [3.8, 4) is 12.1 Å². The Balaban J connectivity index is 1.95. The Labute approximate surface area is 177 Å². The Bertz CT molecular complexity index is 1020. The molecular weight excluding hydrogens is 374 g/mol. The van der Waals surface area contributed by atoms with Crippen LogP contribution >= 0.6 is 0 Å². The van der Waals surface area contributed by atoms with Gasteiger partial charge in [0.05, 0.1) is 29.3 Å². The SMILES string of the molecule is CC(C)(C)OC(=O)N1CCC=C(c2ccc(C#N)cc2)CC1c1ccc(C#N)cc1. The summed E-state index contributed by atoms with van der Waals surface area (Å²) in [5, 5.41) is 18.2. The molecule has 2 aromatic carbocycles. The standard InChI is InChI=1S/C25H25N3O2/c1-25(2,3)30-24(29)28-14-4-5-22(20-10-6-18(16-26)7-11-20)15-23(28)21-12-8-19(17-27)9-13-21/h5-13,23H,4,14-15H2,1-3H3. The van der Waals surface area contributed by atoms with Crippen molar-refractivity contribution in [1.82, 2.24) is 4.90 Å². The third-order valence-electron chi connectivity index (χ3n) is 4.99. The van der Waals surface area contributed by atoms with E-state index in [4.69, 9.17) is 15.3 Å². The van der Waals surface area contributed by atoms with Gasteiger partial charge in [0.15, 0.2) is 0 Å². The van der Waals surface area contributed by atoms with Crippen LogP contribution in [0.3, 0.4) is 0 Å². The largest absolute Gasteiger partial charge is 0.444 e. The molecule has 0 radical (unpaired) electrons. The highest BCUT2D eigenvalue weighted by Gasteiger charge is 2.31. The molecule has 1 amide bonds. The second kappa shape index (κ2) is 8.84. The highest BCUT2D eigenvalue weighted by Crippen LogP contribution is 2.36. The van der Waals surface area contributed by atoms with Crippen LogP contribution in [0.4, 0.5) is 4.79 Å². The molecule has 0 aromatic heterocycles. The first-order chi connectivity index (χ1) is 14.3. The molecule has 0 spiro atoms. The average Bonchev–Trinajstić information content (AvgIpc) is 2.96. The molecule has 5 nitrogen and oxygen atoms in total. The van der Waals surface area contributed by atoms with Gasteiger partial charge >= 0.3 is 6.09 Å². The fourth-order valence-electron chi connectivity index (χ4n) is 3.55. The Morgan fingerprint density at radius 3 is 2.10 bits per heavy atom. The van der Waals surface area contributed by atoms with Crippen LogP contribution in [0.25, 0.3) is 5.57 Å². The van der Waals surface area contributed by atoms with E-state index in [0.717, 1.165) is 16.7 Å². The van der Waals surface area contributed by atoms with Crippen molar-refractivity contribution in [2.24, 2.45) is 0 Å². The van der Waals surface area contributed by atoms with Crippen LogP contribution in [0.5, 0.6) is 0 Å². The van der Waals surface area contributed by atoms with Crippen LogP contribution in [0.15, 0.2) is 54.6 Å². The van der Waals surface area contributed by atoms with Crippen molar-refractivity contribution in [2.75, 3.05) is 6.54 Å². The molecule has 2 aromatic rings. The third-order valence-corrected chi connectivity index (χ3v) is 4.99. The lowest BCUT2D eigenvalue weighted by atomic mass is 9.93. The number of hydrogen-bond donors (Lipinski definition) is 0. The smallest absolute Gasteiger partial charge is 0.410 e. The maximum atomic E-state index is 13.0. The molecule has 0 saturated heterocycles. The minimum Gasteiger partial charge on any atom is -0.444 e. The van der Waals surface area contributed by atoms with Crippen LogP contribution in [0.2, 0.25) is 0 Å². The molecule has 3 rings (SSSR count). The van der Waals surface area contributed by atoms with E-state index < -0.39 is 5.60 Å². The Hall–Kier alpha value is -3.57. The van der Waals surface area contributed by atoms with Crippen molar-refractivity contribution < 1.29 is 9.53 Å². The summed E-state index contributed by atoms with van der Waals surface area (Å²) in [6, 6.07) is 18.9. The third kappa shape index (κ3) is 5.07. The Kier molecular flexibility index (Phi) is 6.23. The van der Waals surface area contributed by atoms with Gasteiger partial charge in [0.25, 0.3) is 0 Å². The molecule has 0 fully saturated rings. The second-order valence-corrected chi connectivity index (χ2v) is 8.33. The van der Waals surface area contributed by atoms with Gasteiger partial charge in [0.1, 0.15) is 5.60 Å². The molecule has 5 heteroatoms. The van der Waals surface area contributed by atoms with Gasteiger partial charge in [0, 0.05) is 6.54 Å². The quantitative estimate of drug-likeness (QED) is 0.660. The molecule has 30 heavy (non-hydrogen) atoms. The summed E-state index contributed by atoms with van der Waals surface area (Å²) in [5.41, 5.74) is 3.74. The second-order valence-electron chi connectivity index (χ2n) is 8.33. The monoisotopic (exact) mass is 399 g/mol. The lowest BCUT2D eigenvalue weighted by Gasteiger charge is -2.33. The van der Waals surface area contributed by atoms with E-state index in [1.54, 1.807) is 17.0 Å². The highest BCUT2D eigenvalue weighted by atomic mass is 16.6. The summed E-state index contributed by atoms with van der Waals surface area (Å²) in [6.07, 6.45) is 3.15. The van der Waals surface area contributed by atoms with Gasteiger partial charge < -0.3 is 9.64 Å². The van der Waals surface area contributed by atoms with Crippen molar-refractivity contribution in [2.45, 2.75) is 45.3 Å². The first-order valence-corrected chi connectivity index (χ1v) is 10.00. The summed E-state index contributed by atoms with van der Waals surface area (Å²) >= 11 is 0. The number of nitriles is 2. The van der Waals surface area contributed by atoms with Crippen LogP contribution in [-0.4, -0.2) is 23.1 Å². The normalized spacial score (nSPS) is 16.6. The number of hydrogen-bond acceptors (Lipinski definition) is 4. The first-order valence-electron chi connectivity index (χ1n) is 10.00. The number of ether oxygens (including phenoxy) is 1. The fourth-order valence-corrected chi connectivity index (χ4v) is 3.55. The van der Waals surface area contributed by atoms with E-state index in [9.17, 15) is 4.79 Å². The zero-order valence-corrected chi connectivity index (χ0v) is 17.6. The number of nitrogens with zero attached hydrogens (tertiary/aromatic N) is 3. The molecule has 1 unspecified atom stereocenters. The summed E-state index contributed by atoms with van der Waals surface area (Å²) < 4.78 is 5.68. The number of carbonyl (C=O) groups excluding carboxylic acids is 1. The van der Waals surface area contributed by atoms with Gasteiger partial charge in [-0.3, -0.25) is 0 Å². The molecule has 1 aliphatic heterocycles. The summed E-state index contributed by atoms with van der Waals surface area (Å²) in [4.78, 5) is 14.8. The number of amides is 1. The van der Waals surface area contributed by atoms with Crippen molar-refractivity contribution in [3.05, 3.63) is 76.9 Å². The molecule has 0 bridgehead atoms. The van der Waals surface area contributed by atoms with E-state index >= 15 is 0 Å². The first kappa shape index (κ1) is 21.1. The Morgan fingerprint density at radius 2 is 1.57 bits per heavy atom. The molecular formula is C25H25N3O2. The highest BCUT2D eigenvalue weighted by molar-refractivity contribution is 5.72. The van der Waals surface area contributed by atoms with Gasteiger partial charge in [-0.15, -0.1) is 0 Å². The summed E-state index contributed by atoms with van der Waals surface area (Å²) in [6.45, 7) is 6.12. The van der Waals surface area contributed by atoms with Crippen molar-refractivity contribution in [1.29, 1.82) is 10.5 Å². The maximum absolute atomic E-state index is 13.0. The molecule has 0 aliphatic carbocycles. The molecule has 152 valence electrons. The molecule has 1 heterocycles. The Morgan fingerprint density at radius 1 is 1.00 bits per heavy atom. The van der Waals surface area contributed by atoms with Crippen molar-refractivity contribution in [3.63, 3.8) is 0 Å². The van der Waals surface area contributed by atoms with Crippen molar-refractivity contribution >= 4 is 11.7 Å². The minimum absolute atomic E-state index is 0.211. The van der Waals surface area contributed by atoms with E-state index in [-0.39, 0.29) is 12.1 Å². The summed E-state index contributed by atoms with van der Waals surface area (Å²) in [5.74, 6) is 0. The number of benzene rings is 2. The van der Waals surface area contributed by atoms with E-state index in [2.05, 4.69) is 18.2 Å². The number of rotatable bonds is 2. The average molecular weight is 399 g/mol. The van der Waals surface area contributed by atoms with E-state index in [1.807, 2.05) is 57.2 Å². The fraction of sp³-hybridized carbons (Fsp3) is 0.320. The van der Waals surface area contributed by atoms with Gasteiger partial charge in [-0.05, 0) is 74.6 Å². The van der Waals surface area contributed by atoms with Crippen LogP contribution in [-0.2, 0) is 4.74 Å². The molecule has 0 saturated carbocycles. The molecule has 1 atom stereocenters.